The molecule has 1 unspecified atom stereocenters. The van der Waals surface area contributed by atoms with Crippen LogP contribution in [0.1, 0.15) is 12.1 Å². The van der Waals surface area contributed by atoms with E-state index in [2.05, 4.69) is 5.10 Å². The summed E-state index contributed by atoms with van der Waals surface area (Å²) in [6.07, 6.45) is 0.792. The van der Waals surface area contributed by atoms with Gasteiger partial charge in [-0.15, -0.1) is 0 Å². The number of hydrogen-bond donors (Lipinski definition) is 1. The van der Waals surface area contributed by atoms with Gasteiger partial charge in [-0.3, -0.25) is 9.48 Å². The van der Waals surface area contributed by atoms with E-state index in [9.17, 15) is 13.6 Å². The van der Waals surface area contributed by atoms with Crippen LogP contribution in [0.15, 0.2) is 12.3 Å². The van der Waals surface area contributed by atoms with Crippen molar-refractivity contribution < 1.29 is 18.7 Å². The molecule has 1 fully saturated rings. The number of carboxylic acid groups (broad SMARTS) is 1. The molecule has 6 heteroatoms. The molecule has 2 rings (SSSR count). The van der Waals surface area contributed by atoms with Crippen LogP contribution in [0.4, 0.5) is 8.78 Å². The van der Waals surface area contributed by atoms with Crippen molar-refractivity contribution >= 4 is 5.97 Å². The van der Waals surface area contributed by atoms with Gasteiger partial charge in [-0.2, -0.15) is 5.10 Å². The normalized spacial score (nSPS) is 28.8. The highest BCUT2D eigenvalue weighted by Gasteiger charge is 2.78. The zero-order valence-corrected chi connectivity index (χ0v) is 7.37. The van der Waals surface area contributed by atoms with E-state index in [1.54, 1.807) is 7.05 Å². The van der Waals surface area contributed by atoms with Gasteiger partial charge >= 0.3 is 5.97 Å². The van der Waals surface area contributed by atoms with Crippen molar-refractivity contribution in [2.24, 2.45) is 7.05 Å². The van der Waals surface area contributed by atoms with Crippen LogP contribution in [-0.4, -0.2) is 26.8 Å². The molecule has 76 valence electrons. The number of carboxylic acids is 1. The van der Waals surface area contributed by atoms with Crippen molar-refractivity contribution in [1.82, 2.24) is 9.78 Å². The Bertz CT molecular complexity index is 402. The van der Waals surface area contributed by atoms with Gasteiger partial charge in [-0.25, -0.2) is 8.78 Å². The number of nitrogens with zero attached hydrogens (tertiary/aromatic N) is 2. The Morgan fingerprint density at radius 3 is 2.57 bits per heavy atom. The zero-order chi connectivity index (χ0) is 10.6. The molecule has 1 aromatic heterocycles. The lowest BCUT2D eigenvalue weighted by molar-refractivity contribution is -0.143. The quantitative estimate of drug-likeness (QED) is 0.771. The minimum Gasteiger partial charge on any atom is -0.480 e. The molecular weight excluding hydrogens is 194 g/mol. The molecule has 0 bridgehead atoms. The second-order valence-corrected chi connectivity index (χ2v) is 3.47. The first-order chi connectivity index (χ1) is 6.40. The number of carbonyl (C=O) groups is 1. The van der Waals surface area contributed by atoms with Gasteiger partial charge < -0.3 is 5.11 Å². The number of hydrogen-bond acceptors (Lipinski definition) is 2. The first kappa shape index (κ1) is 9.11. The second kappa shape index (κ2) is 2.31. The van der Waals surface area contributed by atoms with Crippen molar-refractivity contribution in [3.05, 3.63) is 18.0 Å². The summed E-state index contributed by atoms with van der Waals surface area (Å²) in [5, 5.41) is 12.5. The number of aryl methyl sites for hydroxylation is 1. The molecule has 0 saturated heterocycles. The molecule has 1 heterocycles. The molecule has 0 amide bonds. The Morgan fingerprint density at radius 2 is 2.29 bits per heavy atom. The summed E-state index contributed by atoms with van der Waals surface area (Å²) in [6.45, 7) is 0. The van der Waals surface area contributed by atoms with E-state index in [0.717, 1.165) is 0 Å². The van der Waals surface area contributed by atoms with E-state index in [4.69, 9.17) is 5.11 Å². The van der Waals surface area contributed by atoms with Gasteiger partial charge in [0.25, 0.3) is 5.92 Å². The molecule has 0 spiro atoms. The predicted octanol–water partition coefficient (Wildman–Crippen LogP) is 0.781. The van der Waals surface area contributed by atoms with Crippen LogP contribution in [-0.2, 0) is 17.3 Å². The lowest BCUT2D eigenvalue weighted by Gasteiger charge is -2.06. The smallest absolute Gasteiger partial charge is 0.322 e. The molecule has 1 aromatic rings. The van der Waals surface area contributed by atoms with Gasteiger partial charge in [0.05, 0.1) is 5.69 Å². The van der Waals surface area contributed by atoms with E-state index in [1.165, 1.54) is 16.9 Å². The van der Waals surface area contributed by atoms with Crippen LogP contribution in [0.3, 0.4) is 0 Å². The molecule has 14 heavy (non-hydrogen) atoms. The highest BCUT2D eigenvalue weighted by Crippen LogP contribution is 2.61. The molecule has 0 radical (unpaired) electrons. The molecule has 0 aliphatic heterocycles. The van der Waals surface area contributed by atoms with Gasteiger partial charge in [0.2, 0.25) is 0 Å². The van der Waals surface area contributed by atoms with E-state index < -0.39 is 23.7 Å². The first-order valence-electron chi connectivity index (χ1n) is 4.01. The highest BCUT2D eigenvalue weighted by atomic mass is 19.3. The van der Waals surface area contributed by atoms with Crippen molar-refractivity contribution in [1.29, 1.82) is 0 Å². The SMILES string of the molecule is Cn1ccc(C2(C(=O)O)CC2(F)F)n1. The lowest BCUT2D eigenvalue weighted by Crippen LogP contribution is -2.27. The highest BCUT2D eigenvalue weighted by molar-refractivity contribution is 5.87. The summed E-state index contributed by atoms with van der Waals surface area (Å²) in [4.78, 5) is 10.8. The Kier molecular flexibility index (Phi) is 1.51. The third-order valence-corrected chi connectivity index (χ3v) is 2.50. The van der Waals surface area contributed by atoms with Gasteiger partial charge in [0.1, 0.15) is 0 Å². The monoisotopic (exact) mass is 202 g/mol. The number of aliphatic carboxylic acids is 1. The minimum absolute atomic E-state index is 0.0718. The molecule has 1 saturated carbocycles. The van der Waals surface area contributed by atoms with Gasteiger partial charge in [-0.1, -0.05) is 0 Å². The van der Waals surface area contributed by atoms with Crippen LogP contribution >= 0.6 is 0 Å². The van der Waals surface area contributed by atoms with Gasteiger partial charge in [0.15, 0.2) is 5.41 Å². The fraction of sp³-hybridized carbons (Fsp3) is 0.500. The number of aromatic nitrogens is 2. The maximum absolute atomic E-state index is 13.0. The summed E-state index contributed by atoms with van der Waals surface area (Å²) in [5.74, 6) is -4.69. The molecular formula is C8H8F2N2O2. The Hall–Kier alpha value is -1.46. The van der Waals surface area contributed by atoms with Gasteiger partial charge in [0, 0.05) is 19.7 Å². The molecule has 1 N–H and O–H groups in total. The maximum Gasteiger partial charge on any atom is 0.322 e. The molecule has 4 nitrogen and oxygen atoms in total. The molecule has 1 aliphatic rings. The summed E-state index contributed by atoms with van der Waals surface area (Å²) < 4.78 is 27.2. The molecule has 0 aromatic carbocycles. The Morgan fingerprint density at radius 1 is 1.71 bits per heavy atom. The average Bonchev–Trinajstić information content (AvgIpc) is 2.44. The predicted molar refractivity (Wildman–Crippen MR) is 42.1 cm³/mol. The summed E-state index contributed by atoms with van der Waals surface area (Å²) in [6, 6.07) is 1.31. The third kappa shape index (κ3) is 0.906. The minimum atomic E-state index is -3.17. The third-order valence-electron chi connectivity index (χ3n) is 2.50. The van der Waals surface area contributed by atoms with Crippen LogP contribution in [0.2, 0.25) is 0 Å². The standard InChI is InChI=1S/C8H8F2N2O2/c1-12-3-2-5(11-12)7(6(13)14)4-8(7,9)10/h2-3H,4H2,1H3,(H,13,14). The summed E-state index contributed by atoms with van der Waals surface area (Å²) in [7, 11) is 1.56. The lowest BCUT2D eigenvalue weighted by atomic mass is 10.0. The summed E-state index contributed by atoms with van der Waals surface area (Å²) in [5.41, 5.74) is -2.16. The van der Waals surface area contributed by atoms with Crippen LogP contribution in [0.5, 0.6) is 0 Å². The second-order valence-electron chi connectivity index (χ2n) is 3.47. The van der Waals surface area contributed by atoms with Crippen LogP contribution in [0, 0.1) is 0 Å². The average molecular weight is 202 g/mol. The summed E-state index contributed by atoms with van der Waals surface area (Å²) >= 11 is 0. The Balaban J connectivity index is 2.46. The molecule has 1 atom stereocenters. The first-order valence-corrected chi connectivity index (χ1v) is 4.01. The molecule has 1 aliphatic carbocycles. The van der Waals surface area contributed by atoms with Crippen LogP contribution < -0.4 is 0 Å². The number of alkyl halides is 2. The van der Waals surface area contributed by atoms with Crippen molar-refractivity contribution in [3.63, 3.8) is 0 Å². The maximum atomic E-state index is 13.0. The van der Waals surface area contributed by atoms with E-state index in [0.29, 0.717) is 0 Å². The van der Waals surface area contributed by atoms with E-state index in [-0.39, 0.29) is 5.69 Å². The van der Waals surface area contributed by atoms with E-state index in [1.807, 2.05) is 0 Å². The number of halogens is 2. The zero-order valence-electron chi connectivity index (χ0n) is 7.37. The van der Waals surface area contributed by atoms with E-state index >= 15 is 0 Å². The van der Waals surface area contributed by atoms with Crippen LogP contribution in [0.25, 0.3) is 0 Å². The fourth-order valence-electron chi connectivity index (χ4n) is 1.55. The van der Waals surface area contributed by atoms with Crippen molar-refractivity contribution in [2.45, 2.75) is 17.8 Å². The fourth-order valence-corrected chi connectivity index (χ4v) is 1.55. The van der Waals surface area contributed by atoms with Crippen molar-refractivity contribution in [2.75, 3.05) is 0 Å². The Labute approximate surface area is 78.1 Å². The van der Waals surface area contributed by atoms with Gasteiger partial charge in [-0.05, 0) is 6.07 Å². The largest absolute Gasteiger partial charge is 0.480 e. The van der Waals surface area contributed by atoms with Crippen molar-refractivity contribution in [3.8, 4) is 0 Å². The number of rotatable bonds is 2. The topological polar surface area (TPSA) is 55.1 Å².